The number of hydrogen-bond donors (Lipinski definition) is 1. The lowest BCUT2D eigenvalue weighted by Crippen LogP contribution is -2.48. The smallest absolute Gasteiger partial charge is 0.128 e. The van der Waals surface area contributed by atoms with E-state index in [1.807, 2.05) is 7.05 Å². The Morgan fingerprint density at radius 3 is 2.11 bits per heavy atom. The standard InChI is InChI=1S/C14H18F2N2/c1-17-11-7-12-2-3-13(8-11)18(12)14-5-9(15)4-10(16)6-14/h4-6,11-13,17H,2-3,7-8H2,1H3. The fourth-order valence-electron chi connectivity index (χ4n) is 3.52. The van der Waals surface area contributed by atoms with Crippen molar-refractivity contribution >= 4 is 5.69 Å². The van der Waals surface area contributed by atoms with E-state index < -0.39 is 11.6 Å². The molecule has 1 aromatic rings. The molecule has 0 aromatic heterocycles. The average Bonchev–Trinajstić information content (AvgIpc) is 2.59. The van der Waals surface area contributed by atoms with Crippen LogP contribution in [0.3, 0.4) is 0 Å². The van der Waals surface area contributed by atoms with Crippen LogP contribution in [0.15, 0.2) is 18.2 Å². The fourth-order valence-corrected chi connectivity index (χ4v) is 3.52. The third-order valence-corrected chi connectivity index (χ3v) is 4.29. The van der Waals surface area contributed by atoms with Crippen molar-refractivity contribution < 1.29 is 8.78 Å². The van der Waals surface area contributed by atoms with E-state index in [0.29, 0.717) is 23.8 Å². The summed E-state index contributed by atoms with van der Waals surface area (Å²) in [4.78, 5) is 2.22. The molecule has 0 saturated carbocycles. The molecule has 2 aliphatic rings. The highest BCUT2D eigenvalue weighted by molar-refractivity contribution is 5.51. The summed E-state index contributed by atoms with van der Waals surface area (Å²) >= 11 is 0. The Labute approximate surface area is 106 Å². The van der Waals surface area contributed by atoms with Gasteiger partial charge in [-0.15, -0.1) is 0 Å². The number of fused-ring (bicyclic) bond motifs is 2. The maximum Gasteiger partial charge on any atom is 0.128 e. The average molecular weight is 252 g/mol. The number of nitrogens with one attached hydrogen (secondary N) is 1. The first-order valence-electron chi connectivity index (χ1n) is 6.59. The minimum absolute atomic E-state index is 0.419. The fraction of sp³-hybridized carbons (Fsp3) is 0.571. The first kappa shape index (κ1) is 11.9. The topological polar surface area (TPSA) is 15.3 Å². The zero-order chi connectivity index (χ0) is 12.7. The molecule has 0 radical (unpaired) electrons. The van der Waals surface area contributed by atoms with E-state index in [4.69, 9.17) is 0 Å². The van der Waals surface area contributed by atoms with Crippen molar-refractivity contribution in [2.24, 2.45) is 0 Å². The highest BCUT2D eigenvalue weighted by atomic mass is 19.1. The molecule has 2 aliphatic heterocycles. The Bertz CT molecular complexity index is 415. The lowest BCUT2D eigenvalue weighted by atomic mass is 9.96. The third kappa shape index (κ3) is 1.99. The second kappa shape index (κ2) is 4.50. The van der Waals surface area contributed by atoms with E-state index in [9.17, 15) is 8.78 Å². The summed E-state index contributed by atoms with van der Waals surface area (Å²) < 4.78 is 26.6. The van der Waals surface area contributed by atoms with Crippen LogP contribution in [0.1, 0.15) is 25.7 Å². The summed E-state index contributed by atoms with van der Waals surface area (Å²) in [7, 11) is 1.99. The minimum Gasteiger partial charge on any atom is -0.365 e. The number of halogens is 2. The lowest BCUT2D eigenvalue weighted by molar-refractivity contribution is 0.373. The van der Waals surface area contributed by atoms with Crippen molar-refractivity contribution in [1.82, 2.24) is 5.32 Å². The van der Waals surface area contributed by atoms with Crippen molar-refractivity contribution in [1.29, 1.82) is 0 Å². The summed E-state index contributed by atoms with van der Waals surface area (Å²) in [5.74, 6) is -0.972. The molecule has 2 saturated heterocycles. The summed E-state index contributed by atoms with van der Waals surface area (Å²) in [5, 5.41) is 3.32. The molecule has 1 N–H and O–H groups in total. The summed E-state index contributed by atoms with van der Waals surface area (Å²) in [6.07, 6.45) is 4.37. The number of benzene rings is 1. The van der Waals surface area contributed by atoms with Gasteiger partial charge in [-0.3, -0.25) is 0 Å². The second-order valence-corrected chi connectivity index (χ2v) is 5.38. The van der Waals surface area contributed by atoms with Crippen LogP contribution in [0.2, 0.25) is 0 Å². The van der Waals surface area contributed by atoms with Gasteiger partial charge in [0.05, 0.1) is 0 Å². The van der Waals surface area contributed by atoms with Crippen LogP contribution in [0.5, 0.6) is 0 Å². The molecule has 4 heteroatoms. The number of hydrogen-bond acceptors (Lipinski definition) is 2. The second-order valence-electron chi connectivity index (χ2n) is 5.38. The molecule has 2 bridgehead atoms. The molecule has 2 nitrogen and oxygen atoms in total. The van der Waals surface area contributed by atoms with Crippen molar-refractivity contribution in [3.8, 4) is 0 Å². The SMILES string of the molecule is CNC1CC2CCC(C1)N2c1cc(F)cc(F)c1. The van der Waals surface area contributed by atoms with Gasteiger partial charge < -0.3 is 10.2 Å². The molecule has 2 heterocycles. The van der Waals surface area contributed by atoms with Crippen LogP contribution in [0.4, 0.5) is 14.5 Å². The van der Waals surface area contributed by atoms with Crippen LogP contribution in [0, 0.1) is 11.6 Å². The molecule has 0 spiro atoms. The van der Waals surface area contributed by atoms with Gasteiger partial charge in [-0.1, -0.05) is 0 Å². The predicted octanol–water partition coefficient (Wildman–Crippen LogP) is 2.68. The van der Waals surface area contributed by atoms with Crippen molar-refractivity contribution in [2.75, 3.05) is 11.9 Å². The largest absolute Gasteiger partial charge is 0.365 e. The Hall–Kier alpha value is -1.16. The van der Waals surface area contributed by atoms with Gasteiger partial charge >= 0.3 is 0 Å². The van der Waals surface area contributed by atoms with Crippen LogP contribution in [-0.4, -0.2) is 25.2 Å². The first-order valence-corrected chi connectivity index (χ1v) is 6.59. The molecule has 2 unspecified atom stereocenters. The van der Waals surface area contributed by atoms with Gasteiger partial charge in [-0.05, 0) is 44.9 Å². The van der Waals surface area contributed by atoms with Gasteiger partial charge in [0.15, 0.2) is 0 Å². The molecule has 2 fully saturated rings. The molecule has 2 atom stereocenters. The van der Waals surface area contributed by atoms with Crippen LogP contribution >= 0.6 is 0 Å². The summed E-state index contributed by atoms with van der Waals surface area (Å²) in [5.41, 5.74) is 0.703. The van der Waals surface area contributed by atoms with Crippen molar-refractivity contribution in [2.45, 2.75) is 43.8 Å². The number of rotatable bonds is 2. The van der Waals surface area contributed by atoms with Crippen LogP contribution in [-0.2, 0) is 0 Å². The van der Waals surface area contributed by atoms with E-state index in [0.717, 1.165) is 31.7 Å². The molecule has 0 aliphatic carbocycles. The maximum atomic E-state index is 13.3. The summed E-state index contributed by atoms with van der Waals surface area (Å²) in [6, 6.07) is 5.22. The van der Waals surface area contributed by atoms with E-state index in [2.05, 4.69) is 10.2 Å². The van der Waals surface area contributed by atoms with E-state index in [-0.39, 0.29) is 0 Å². The van der Waals surface area contributed by atoms with Crippen molar-refractivity contribution in [3.05, 3.63) is 29.8 Å². The molecule has 98 valence electrons. The highest BCUT2D eigenvalue weighted by Gasteiger charge is 2.40. The zero-order valence-corrected chi connectivity index (χ0v) is 10.5. The molecule has 18 heavy (non-hydrogen) atoms. The summed E-state index contributed by atoms with van der Waals surface area (Å²) in [6.45, 7) is 0. The van der Waals surface area contributed by atoms with Gasteiger partial charge in [-0.2, -0.15) is 0 Å². The van der Waals surface area contributed by atoms with Crippen LogP contribution in [0.25, 0.3) is 0 Å². The van der Waals surface area contributed by atoms with E-state index >= 15 is 0 Å². The Kier molecular flexibility index (Phi) is 2.98. The van der Waals surface area contributed by atoms with Crippen molar-refractivity contribution in [3.63, 3.8) is 0 Å². The van der Waals surface area contributed by atoms with Gasteiger partial charge in [0, 0.05) is 29.9 Å². The predicted molar refractivity (Wildman–Crippen MR) is 67.7 cm³/mol. The van der Waals surface area contributed by atoms with E-state index in [1.54, 1.807) is 0 Å². The molecule has 0 amide bonds. The third-order valence-electron chi connectivity index (χ3n) is 4.29. The number of nitrogens with zero attached hydrogens (tertiary/aromatic N) is 1. The molecular weight excluding hydrogens is 234 g/mol. The lowest BCUT2D eigenvalue weighted by Gasteiger charge is -2.40. The monoisotopic (exact) mass is 252 g/mol. The Balaban J connectivity index is 1.89. The van der Waals surface area contributed by atoms with E-state index in [1.165, 1.54) is 12.1 Å². The highest BCUT2D eigenvalue weighted by Crippen LogP contribution is 2.39. The quantitative estimate of drug-likeness (QED) is 0.870. The van der Waals surface area contributed by atoms with Gasteiger partial charge in [0.1, 0.15) is 11.6 Å². The zero-order valence-electron chi connectivity index (χ0n) is 10.5. The Morgan fingerprint density at radius 2 is 1.61 bits per heavy atom. The Morgan fingerprint density at radius 1 is 1.06 bits per heavy atom. The molecule has 1 aromatic carbocycles. The number of anilines is 1. The normalized spacial score (nSPS) is 30.8. The molecule has 3 rings (SSSR count). The van der Waals surface area contributed by atoms with Gasteiger partial charge in [0.2, 0.25) is 0 Å². The maximum absolute atomic E-state index is 13.3. The van der Waals surface area contributed by atoms with Crippen LogP contribution < -0.4 is 10.2 Å². The first-order chi connectivity index (χ1) is 8.67. The number of piperidine rings is 1. The minimum atomic E-state index is -0.486. The molecular formula is C14H18F2N2. The van der Waals surface area contributed by atoms with Gasteiger partial charge in [-0.25, -0.2) is 8.78 Å². The van der Waals surface area contributed by atoms with Gasteiger partial charge in [0.25, 0.3) is 0 Å².